The minimum atomic E-state index is -2.21. The molecule has 18 N–H and O–H groups in total. The van der Waals surface area contributed by atoms with Crippen LogP contribution in [0.5, 0.6) is 0 Å². The lowest BCUT2D eigenvalue weighted by Gasteiger charge is -2.51. The second-order valence-electron chi connectivity index (χ2n) is 18.1. The Kier molecular flexibility index (Phi) is 21.4. The van der Waals surface area contributed by atoms with Crippen LogP contribution < -0.4 is 5.32 Å². The van der Waals surface area contributed by atoms with Gasteiger partial charge in [-0.3, -0.25) is 4.79 Å². The lowest BCUT2D eigenvalue weighted by atomic mass is 9.94. The van der Waals surface area contributed by atoms with Gasteiger partial charge in [-0.15, -0.1) is 6.58 Å². The number of rotatable bonds is 19. The Bertz CT molecular complexity index is 1690. The van der Waals surface area contributed by atoms with E-state index in [1.165, 1.54) is 13.0 Å². The third-order valence-corrected chi connectivity index (χ3v) is 13.2. The first kappa shape index (κ1) is 59.3. The predicted molar refractivity (Wildman–Crippen MR) is 223 cm³/mol. The molecule has 6 rings (SSSR count). The van der Waals surface area contributed by atoms with Gasteiger partial charge in [0, 0.05) is 6.92 Å². The minimum Gasteiger partial charge on any atom is -0.394 e. The zero-order valence-corrected chi connectivity index (χ0v) is 38.8. The molecule has 418 valence electrons. The molecular weight excluding hydrogens is 986 g/mol. The third kappa shape index (κ3) is 12.6. The van der Waals surface area contributed by atoms with E-state index in [9.17, 15) is 91.6 Å². The van der Waals surface area contributed by atoms with Crippen LogP contribution in [-0.4, -0.2) is 317 Å². The Morgan fingerprint density at radius 1 is 0.431 bits per heavy atom. The molecule has 6 aliphatic heterocycles. The van der Waals surface area contributed by atoms with Crippen molar-refractivity contribution in [1.82, 2.24) is 5.32 Å². The van der Waals surface area contributed by atoms with E-state index in [1.807, 2.05) is 0 Å². The first-order valence-corrected chi connectivity index (χ1v) is 23.1. The van der Waals surface area contributed by atoms with Crippen LogP contribution in [0.4, 0.5) is 0 Å². The summed E-state index contributed by atoms with van der Waals surface area (Å²) in [7, 11) is 0. The molecule has 6 aliphatic rings. The Balaban J connectivity index is 1.22. The molecule has 0 saturated carbocycles. The van der Waals surface area contributed by atoms with Crippen LogP contribution in [0, 0.1) is 0 Å². The van der Waals surface area contributed by atoms with Crippen molar-refractivity contribution in [2.24, 2.45) is 0 Å². The number of nitrogens with one attached hydrogen (secondary N) is 1. The van der Waals surface area contributed by atoms with Crippen LogP contribution in [0.1, 0.15) is 13.8 Å². The first-order chi connectivity index (χ1) is 34.2. The largest absolute Gasteiger partial charge is 0.394 e. The van der Waals surface area contributed by atoms with E-state index in [-0.39, 0.29) is 6.61 Å². The Hall–Kier alpha value is -1.95. The van der Waals surface area contributed by atoms with Crippen molar-refractivity contribution in [3.63, 3.8) is 0 Å². The minimum absolute atomic E-state index is 0.111. The lowest BCUT2D eigenvalue weighted by molar-refractivity contribution is -0.393. The molecule has 31 nitrogen and oxygen atoms in total. The quantitative estimate of drug-likeness (QED) is 0.0534. The van der Waals surface area contributed by atoms with Crippen molar-refractivity contribution in [2.75, 3.05) is 39.6 Å². The summed E-state index contributed by atoms with van der Waals surface area (Å²) in [5.74, 6) is -0.859. The van der Waals surface area contributed by atoms with E-state index in [0.29, 0.717) is 0 Å². The van der Waals surface area contributed by atoms with E-state index < -0.39 is 223 Å². The number of aliphatic hydroxyl groups excluding tert-OH is 17. The van der Waals surface area contributed by atoms with E-state index in [0.717, 1.165) is 6.92 Å². The smallest absolute Gasteiger partial charge is 0.217 e. The maximum absolute atomic E-state index is 12.8. The van der Waals surface area contributed by atoms with Crippen LogP contribution in [0.3, 0.4) is 0 Å². The number of hydrogen-bond donors (Lipinski definition) is 18. The van der Waals surface area contributed by atoms with Crippen molar-refractivity contribution >= 4 is 5.91 Å². The van der Waals surface area contributed by atoms with E-state index in [4.69, 9.17) is 56.8 Å². The van der Waals surface area contributed by atoms with Gasteiger partial charge >= 0.3 is 0 Å². The monoisotopic (exact) mass is 1060 g/mol. The molecule has 0 aromatic carbocycles. The maximum Gasteiger partial charge on any atom is 0.217 e. The summed E-state index contributed by atoms with van der Waals surface area (Å²) in [4.78, 5) is 12.8. The van der Waals surface area contributed by atoms with Crippen molar-refractivity contribution in [2.45, 2.75) is 198 Å². The summed E-state index contributed by atoms with van der Waals surface area (Å²) in [5, 5.41) is 186. The predicted octanol–water partition coefficient (Wildman–Crippen LogP) is -11.7. The van der Waals surface area contributed by atoms with Crippen LogP contribution in [0.2, 0.25) is 0 Å². The highest BCUT2D eigenvalue weighted by Crippen LogP contribution is 2.37. The number of carbonyl (C=O) groups excluding carboxylic acids is 1. The van der Waals surface area contributed by atoms with Gasteiger partial charge in [0.2, 0.25) is 5.91 Å². The van der Waals surface area contributed by atoms with Crippen LogP contribution in [0.25, 0.3) is 0 Å². The fourth-order valence-corrected chi connectivity index (χ4v) is 9.13. The molecule has 0 aromatic rings. The highest BCUT2D eigenvalue weighted by Gasteiger charge is 2.58. The standard InChI is InChI=1S/C41H69NO30/c1-4-5-61-37-28(58)25(55)31(16(9-46)66-37)68-39-29(59)26(56)32(17(10-47)67-39)69-40-30(60)34(22(52)15(8-45)64-40)71-36-18(42-12(3)48)33(21(51)14(7-44)63-36)70-41-35(24(54)20(50)13(6-43)65-41)72-38-27(57)23(53)19(49)11(2)62-38/h4,11,13-41,43-47,49-60H,1,5-10H2,2-3H3,(H,42,48)/t11?,13?,14?,15?,16?,17?,18?,19-,20+,21+,22+,23?,24+,25-,26-,27+,28?,29?,30?,31-,32+,33-,34+,35?,36+,37-,38+,39+,40-,41+/m1/s1. The number of aliphatic hydroxyl groups is 17. The second kappa shape index (κ2) is 25.9. The molecule has 72 heavy (non-hydrogen) atoms. The molecule has 1 amide bonds. The van der Waals surface area contributed by atoms with E-state index in [2.05, 4.69) is 11.9 Å². The van der Waals surface area contributed by atoms with Gasteiger partial charge in [-0.1, -0.05) is 6.08 Å². The van der Waals surface area contributed by atoms with E-state index >= 15 is 0 Å². The number of hydrogen-bond acceptors (Lipinski definition) is 30. The van der Waals surface area contributed by atoms with Crippen molar-refractivity contribution in [3.8, 4) is 0 Å². The summed E-state index contributed by atoms with van der Waals surface area (Å²) < 4.78 is 68.5. The summed E-state index contributed by atoms with van der Waals surface area (Å²) >= 11 is 0. The maximum atomic E-state index is 12.8. The van der Waals surface area contributed by atoms with Gasteiger partial charge in [0.05, 0.1) is 45.7 Å². The van der Waals surface area contributed by atoms with Gasteiger partial charge in [0.25, 0.3) is 0 Å². The molecule has 0 radical (unpaired) electrons. The van der Waals surface area contributed by atoms with Crippen LogP contribution in [0.15, 0.2) is 12.7 Å². The highest BCUT2D eigenvalue weighted by molar-refractivity contribution is 5.73. The molecule has 0 aromatic heterocycles. The zero-order chi connectivity index (χ0) is 53.0. The molecular formula is C41H69NO30. The van der Waals surface area contributed by atoms with Crippen molar-refractivity contribution in [3.05, 3.63) is 12.7 Å². The van der Waals surface area contributed by atoms with Gasteiger partial charge < -0.3 is 149 Å². The topological polar surface area (TPSA) is 484 Å². The molecule has 12 unspecified atom stereocenters. The zero-order valence-electron chi connectivity index (χ0n) is 38.8. The Labute approximate surface area is 409 Å². The number of amides is 1. The molecule has 0 aliphatic carbocycles. The van der Waals surface area contributed by atoms with Crippen molar-refractivity contribution < 1.29 is 148 Å². The van der Waals surface area contributed by atoms with Gasteiger partial charge in [-0.25, -0.2) is 0 Å². The third-order valence-electron chi connectivity index (χ3n) is 13.2. The molecule has 6 saturated heterocycles. The second-order valence-corrected chi connectivity index (χ2v) is 18.1. The molecule has 6 fully saturated rings. The summed E-state index contributed by atoms with van der Waals surface area (Å²) in [6, 6.07) is -1.78. The summed E-state index contributed by atoms with van der Waals surface area (Å²) in [6.45, 7) is 0.912. The molecule has 31 heteroatoms. The SMILES string of the molecule is C=CCO[C@@H]1OC(CO)[C@@H](O[C@@H]2OC(CO)[C@H](O[C@H]3OC(CO)[C@H](O)[C@H](O[C@@H]4OC(CO)[C@H](O)[C@H](O[C@@H]5OC(CO)[C@H](O)[C@H](O)C5O[C@@H]5OC(C)[C@@H](O)C(O)[C@@H]5O)C4NC(C)=O)C3O)[C@H](O)C2O)[C@H](O)C1O. The molecule has 30 atom stereocenters. The highest BCUT2D eigenvalue weighted by atomic mass is 16.8. The lowest BCUT2D eigenvalue weighted by Crippen LogP contribution is -2.70. The Morgan fingerprint density at radius 3 is 1.36 bits per heavy atom. The molecule has 6 heterocycles. The van der Waals surface area contributed by atoms with Crippen molar-refractivity contribution in [1.29, 1.82) is 0 Å². The molecule has 0 spiro atoms. The van der Waals surface area contributed by atoms with Gasteiger partial charge in [-0.05, 0) is 6.92 Å². The molecule has 0 bridgehead atoms. The van der Waals surface area contributed by atoms with Gasteiger partial charge in [-0.2, -0.15) is 0 Å². The number of carbonyl (C=O) groups is 1. The fourth-order valence-electron chi connectivity index (χ4n) is 9.13. The Morgan fingerprint density at radius 2 is 0.819 bits per heavy atom. The van der Waals surface area contributed by atoms with Gasteiger partial charge in [0.1, 0.15) is 140 Å². The van der Waals surface area contributed by atoms with E-state index in [1.54, 1.807) is 0 Å². The van der Waals surface area contributed by atoms with Gasteiger partial charge in [0.15, 0.2) is 37.7 Å². The summed E-state index contributed by atoms with van der Waals surface area (Å²) in [6.07, 6.45) is -51.9. The average Bonchev–Trinajstić information content (AvgIpc) is 3.36. The summed E-state index contributed by atoms with van der Waals surface area (Å²) in [5.41, 5.74) is 0. The fraction of sp³-hybridized carbons (Fsp3) is 0.927. The first-order valence-electron chi connectivity index (χ1n) is 23.1. The van der Waals surface area contributed by atoms with Crippen LogP contribution >= 0.6 is 0 Å². The van der Waals surface area contributed by atoms with Crippen LogP contribution in [-0.2, 0) is 61.6 Å². The normalized spacial score (nSPS) is 50.3. The average molecular weight is 1060 g/mol. The number of ether oxygens (including phenoxy) is 12.